The van der Waals surface area contributed by atoms with Crippen LogP contribution in [0.4, 0.5) is 11.5 Å². The number of methoxy groups -OCH3 is 2. The van der Waals surface area contributed by atoms with Crippen molar-refractivity contribution in [2.75, 3.05) is 26.3 Å². The predicted molar refractivity (Wildman–Crippen MR) is 110 cm³/mol. The molecule has 1 aliphatic rings. The Labute approximate surface area is 172 Å². The summed E-state index contributed by atoms with van der Waals surface area (Å²) in [5, 5.41) is 22.3. The number of nitriles is 2. The maximum absolute atomic E-state index is 9.64. The summed E-state index contributed by atoms with van der Waals surface area (Å²) in [7, 11) is 3.10. The quantitative estimate of drug-likeness (QED) is 0.637. The Bertz CT molecular complexity index is 1250. The van der Waals surface area contributed by atoms with Crippen LogP contribution in [0, 0.1) is 22.7 Å². The minimum Gasteiger partial charge on any atom is -0.493 e. The zero-order chi connectivity index (χ0) is 21.1. The van der Waals surface area contributed by atoms with Gasteiger partial charge in [0.05, 0.1) is 37.1 Å². The molecule has 0 bridgehead atoms. The highest BCUT2D eigenvalue weighted by Crippen LogP contribution is 2.44. The summed E-state index contributed by atoms with van der Waals surface area (Å²) in [4.78, 5) is 4.60. The number of hydrogen-bond acceptors (Lipinski definition) is 8. The van der Waals surface area contributed by atoms with Crippen molar-refractivity contribution in [3.63, 3.8) is 0 Å². The van der Waals surface area contributed by atoms with Crippen LogP contribution in [0.25, 0.3) is 17.0 Å². The highest BCUT2D eigenvalue weighted by molar-refractivity contribution is 5.87. The summed E-state index contributed by atoms with van der Waals surface area (Å²) in [6, 6.07) is 13.0. The molecule has 8 heteroatoms. The molecular weight excluding hydrogens is 384 g/mol. The van der Waals surface area contributed by atoms with Gasteiger partial charge in [-0.1, -0.05) is 0 Å². The van der Waals surface area contributed by atoms with Gasteiger partial charge in [-0.15, -0.1) is 0 Å². The molecule has 148 valence electrons. The number of benzene rings is 2. The van der Waals surface area contributed by atoms with Crippen molar-refractivity contribution in [3.8, 4) is 35.1 Å². The van der Waals surface area contributed by atoms with Crippen LogP contribution in [0.15, 0.2) is 36.4 Å². The second-order valence-corrected chi connectivity index (χ2v) is 6.25. The minimum atomic E-state index is 0.0642. The smallest absolute Gasteiger partial charge is 0.231 e. The number of pyridine rings is 1. The Morgan fingerprint density at radius 3 is 2.57 bits per heavy atom. The number of nitrogens with zero attached hydrogens (tertiary/aromatic N) is 3. The normalized spacial score (nSPS) is 11.9. The van der Waals surface area contributed by atoms with Gasteiger partial charge in [0.2, 0.25) is 6.79 Å². The first-order valence-electron chi connectivity index (χ1n) is 8.91. The van der Waals surface area contributed by atoms with E-state index in [4.69, 9.17) is 24.2 Å². The van der Waals surface area contributed by atoms with Crippen molar-refractivity contribution >= 4 is 28.5 Å². The molecule has 8 nitrogen and oxygen atoms in total. The Hall–Kier alpha value is -4.43. The molecule has 0 amide bonds. The molecule has 1 N–H and O–H groups in total. The van der Waals surface area contributed by atoms with Crippen molar-refractivity contribution in [1.29, 1.82) is 10.5 Å². The van der Waals surface area contributed by atoms with Crippen molar-refractivity contribution < 1.29 is 18.9 Å². The number of nitrogens with one attached hydrogen (secondary N) is 1. The van der Waals surface area contributed by atoms with Gasteiger partial charge in [0.25, 0.3) is 0 Å². The fourth-order valence-electron chi connectivity index (χ4n) is 3.18. The topological polar surface area (TPSA) is 109 Å². The molecule has 1 aliphatic heterocycles. The lowest BCUT2D eigenvalue weighted by Crippen LogP contribution is -2.00. The Morgan fingerprint density at radius 2 is 1.83 bits per heavy atom. The van der Waals surface area contributed by atoms with Crippen molar-refractivity contribution in [2.45, 2.75) is 0 Å². The Balaban J connectivity index is 1.79. The SMILES string of the molecule is COc1cc2cc(C#N)c(Nc3ccc(C=CC#N)c4c3OCO4)nc2cc1OC. The van der Waals surface area contributed by atoms with Crippen LogP contribution >= 0.6 is 0 Å². The van der Waals surface area contributed by atoms with Crippen LogP contribution in [0.3, 0.4) is 0 Å². The van der Waals surface area contributed by atoms with Crippen molar-refractivity contribution in [3.05, 3.63) is 47.5 Å². The van der Waals surface area contributed by atoms with Crippen LogP contribution in [-0.2, 0) is 0 Å². The second kappa shape index (κ2) is 7.90. The number of aromatic nitrogens is 1. The van der Waals surface area contributed by atoms with E-state index in [9.17, 15) is 5.26 Å². The molecule has 0 unspecified atom stereocenters. The zero-order valence-electron chi connectivity index (χ0n) is 16.2. The van der Waals surface area contributed by atoms with Crippen molar-refractivity contribution in [2.24, 2.45) is 0 Å². The number of anilines is 2. The maximum atomic E-state index is 9.64. The number of allylic oxidation sites excluding steroid dienone is 1. The Morgan fingerprint density at radius 1 is 1.07 bits per heavy atom. The molecule has 1 aromatic heterocycles. The van der Waals surface area contributed by atoms with Gasteiger partial charge >= 0.3 is 0 Å². The van der Waals surface area contributed by atoms with Gasteiger partial charge in [0.1, 0.15) is 11.9 Å². The van der Waals surface area contributed by atoms with Crippen LogP contribution in [0.5, 0.6) is 23.0 Å². The summed E-state index contributed by atoms with van der Waals surface area (Å²) in [6.45, 7) is 0.0642. The van der Waals surface area contributed by atoms with E-state index in [0.29, 0.717) is 45.6 Å². The molecule has 0 saturated heterocycles. The number of rotatable bonds is 5. The standard InChI is InChI=1S/C22H16N4O4/c1-27-18-9-14-8-15(11-24)22(26-17(14)10-19(18)28-2)25-16-6-5-13(4-3-7-23)20-21(16)30-12-29-20/h3-6,8-10H,12H2,1-2H3,(H,25,26). The zero-order valence-corrected chi connectivity index (χ0v) is 16.2. The van der Waals surface area contributed by atoms with E-state index in [0.717, 1.165) is 10.9 Å². The molecule has 4 rings (SSSR count). The minimum absolute atomic E-state index is 0.0642. The lowest BCUT2D eigenvalue weighted by Gasteiger charge is -2.13. The molecule has 0 aliphatic carbocycles. The maximum Gasteiger partial charge on any atom is 0.231 e. The average Bonchev–Trinajstić information content (AvgIpc) is 3.27. The summed E-state index contributed by atoms with van der Waals surface area (Å²) in [6.07, 6.45) is 3.01. The Kier molecular flexibility index (Phi) is 4.98. The first kappa shape index (κ1) is 18.9. The summed E-state index contributed by atoms with van der Waals surface area (Å²) in [5.41, 5.74) is 2.31. The highest BCUT2D eigenvalue weighted by atomic mass is 16.7. The van der Waals surface area contributed by atoms with E-state index in [-0.39, 0.29) is 6.79 Å². The lowest BCUT2D eigenvalue weighted by molar-refractivity contribution is 0.174. The monoisotopic (exact) mass is 400 g/mol. The van der Waals surface area contributed by atoms with Gasteiger partial charge in [-0.05, 0) is 30.3 Å². The average molecular weight is 400 g/mol. The lowest BCUT2D eigenvalue weighted by atomic mass is 10.1. The molecule has 0 saturated carbocycles. The molecule has 3 aromatic rings. The third kappa shape index (κ3) is 3.27. The molecule has 0 spiro atoms. The van der Waals surface area contributed by atoms with Gasteiger partial charge in [0.15, 0.2) is 23.0 Å². The van der Waals surface area contributed by atoms with E-state index < -0.39 is 0 Å². The first-order valence-corrected chi connectivity index (χ1v) is 8.91. The molecular formula is C22H16N4O4. The van der Waals surface area contributed by atoms with Gasteiger partial charge in [-0.25, -0.2) is 4.98 Å². The number of ether oxygens (including phenoxy) is 4. The third-order valence-electron chi connectivity index (χ3n) is 4.58. The van der Waals surface area contributed by atoms with Crippen LogP contribution in [-0.4, -0.2) is 26.0 Å². The molecule has 0 atom stereocenters. The van der Waals surface area contributed by atoms with E-state index in [1.54, 1.807) is 50.6 Å². The largest absolute Gasteiger partial charge is 0.493 e. The number of hydrogen-bond donors (Lipinski definition) is 1. The van der Waals surface area contributed by atoms with E-state index in [2.05, 4.69) is 16.4 Å². The molecule has 0 radical (unpaired) electrons. The van der Waals surface area contributed by atoms with Gasteiger partial charge in [-0.2, -0.15) is 10.5 Å². The molecule has 30 heavy (non-hydrogen) atoms. The van der Waals surface area contributed by atoms with Crippen LogP contribution < -0.4 is 24.3 Å². The van der Waals surface area contributed by atoms with Crippen LogP contribution in [0.2, 0.25) is 0 Å². The van der Waals surface area contributed by atoms with Crippen LogP contribution in [0.1, 0.15) is 11.1 Å². The third-order valence-corrected chi connectivity index (χ3v) is 4.58. The van der Waals surface area contributed by atoms with Gasteiger partial charge in [-0.3, -0.25) is 0 Å². The van der Waals surface area contributed by atoms with Gasteiger partial charge < -0.3 is 24.3 Å². The summed E-state index contributed by atoms with van der Waals surface area (Å²) >= 11 is 0. The number of fused-ring (bicyclic) bond motifs is 2. The summed E-state index contributed by atoms with van der Waals surface area (Å²) in [5.74, 6) is 2.49. The van der Waals surface area contributed by atoms with Crippen molar-refractivity contribution in [1.82, 2.24) is 4.98 Å². The highest BCUT2D eigenvalue weighted by Gasteiger charge is 2.22. The fraction of sp³-hybridized carbons (Fsp3) is 0.136. The second-order valence-electron chi connectivity index (χ2n) is 6.25. The first-order chi connectivity index (χ1) is 14.7. The van der Waals surface area contributed by atoms with Gasteiger partial charge in [0, 0.05) is 23.1 Å². The fourth-order valence-corrected chi connectivity index (χ4v) is 3.18. The van der Waals surface area contributed by atoms with E-state index >= 15 is 0 Å². The molecule has 2 heterocycles. The predicted octanol–water partition coefficient (Wildman–Crippen LogP) is 4.13. The van der Waals surface area contributed by atoms with E-state index in [1.165, 1.54) is 6.08 Å². The van der Waals surface area contributed by atoms with E-state index in [1.807, 2.05) is 6.07 Å². The molecule has 2 aromatic carbocycles. The molecule has 0 fully saturated rings. The summed E-state index contributed by atoms with van der Waals surface area (Å²) < 4.78 is 21.8.